The van der Waals surface area contributed by atoms with Crippen molar-refractivity contribution in [2.45, 2.75) is 6.92 Å². The molecule has 0 bridgehead atoms. The highest BCUT2D eigenvalue weighted by Crippen LogP contribution is 2.21. The van der Waals surface area contributed by atoms with Crippen molar-refractivity contribution in [3.63, 3.8) is 0 Å². The Balaban J connectivity index is 1.95. The molecular formula is C17H15FN2O6. The third kappa shape index (κ3) is 4.53. The number of nitro benzene ring substituents is 1. The van der Waals surface area contributed by atoms with Crippen molar-refractivity contribution in [2.75, 3.05) is 19.0 Å². The first-order valence-corrected chi connectivity index (χ1v) is 7.37. The van der Waals surface area contributed by atoms with E-state index in [9.17, 15) is 24.1 Å². The number of nitrogens with one attached hydrogen (secondary N) is 1. The van der Waals surface area contributed by atoms with Crippen LogP contribution >= 0.6 is 0 Å². The van der Waals surface area contributed by atoms with Crippen molar-refractivity contribution >= 4 is 23.3 Å². The molecule has 136 valence electrons. The molecule has 0 aliphatic rings. The van der Waals surface area contributed by atoms with Gasteiger partial charge in [0.15, 0.2) is 18.2 Å². The summed E-state index contributed by atoms with van der Waals surface area (Å²) in [5, 5.41) is 13.2. The van der Waals surface area contributed by atoms with Crippen molar-refractivity contribution in [2.24, 2.45) is 0 Å². The quantitative estimate of drug-likeness (QED) is 0.481. The smallest absolute Gasteiger partial charge is 0.338 e. The summed E-state index contributed by atoms with van der Waals surface area (Å²) in [4.78, 5) is 33.9. The molecule has 1 N–H and O–H groups in total. The van der Waals surface area contributed by atoms with Gasteiger partial charge < -0.3 is 14.8 Å². The molecule has 9 heteroatoms. The van der Waals surface area contributed by atoms with E-state index in [0.717, 1.165) is 6.07 Å². The number of hydrogen-bond acceptors (Lipinski definition) is 6. The molecule has 0 heterocycles. The predicted molar refractivity (Wildman–Crippen MR) is 89.7 cm³/mol. The first-order valence-electron chi connectivity index (χ1n) is 7.37. The van der Waals surface area contributed by atoms with Crippen molar-refractivity contribution in [3.05, 3.63) is 63.5 Å². The lowest BCUT2D eigenvalue weighted by Crippen LogP contribution is -2.21. The summed E-state index contributed by atoms with van der Waals surface area (Å²) in [6.07, 6.45) is 0. The minimum absolute atomic E-state index is 0.0204. The van der Waals surface area contributed by atoms with Gasteiger partial charge in [0.2, 0.25) is 0 Å². The molecule has 0 aliphatic carbocycles. The van der Waals surface area contributed by atoms with Crippen molar-refractivity contribution in [1.82, 2.24) is 0 Å². The Morgan fingerprint density at radius 1 is 1.23 bits per heavy atom. The van der Waals surface area contributed by atoms with Gasteiger partial charge in [0, 0.05) is 17.8 Å². The van der Waals surface area contributed by atoms with Crippen LogP contribution < -0.4 is 10.1 Å². The van der Waals surface area contributed by atoms with E-state index < -0.39 is 29.2 Å². The Morgan fingerprint density at radius 2 is 1.96 bits per heavy atom. The van der Waals surface area contributed by atoms with E-state index in [-0.39, 0.29) is 17.0 Å². The maximum atomic E-state index is 13.6. The van der Waals surface area contributed by atoms with Crippen LogP contribution in [-0.4, -0.2) is 30.5 Å². The second-order valence-electron chi connectivity index (χ2n) is 5.23. The molecule has 0 aromatic heterocycles. The zero-order valence-electron chi connectivity index (χ0n) is 13.9. The molecule has 8 nitrogen and oxygen atoms in total. The van der Waals surface area contributed by atoms with Gasteiger partial charge >= 0.3 is 5.97 Å². The van der Waals surface area contributed by atoms with Gasteiger partial charge in [-0.2, -0.15) is 0 Å². The van der Waals surface area contributed by atoms with Gasteiger partial charge in [-0.1, -0.05) is 0 Å². The van der Waals surface area contributed by atoms with Gasteiger partial charge in [0.05, 0.1) is 17.6 Å². The first-order chi connectivity index (χ1) is 12.3. The lowest BCUT2D eigenvalue weighted by atomic mass is 10.2. The largest absolute Gasteiger partial charge is 0.494 e. The van der Waals surface area contributed by atoms with Gasteiger partial charge in [-0.25, -0.2) is 9.18 Å². The maximum Gasteiger partial charge on any atom is 0.338 e. The number of nitrogens with zero attached hydrogens (tertiary/aromatic N) is 1. The third-order valence-electron chi connectivity index (χ3n) is 3.42. The molecule has 1 amide bonds. The number of halogens is 1. The van der Waals surface area contributed by atoms with Gasteiger partial charge in [0.1, 0.15) is 0 Å². The van der Waals surface area contributed by atoms with Crippen LogP contribution in [0.5, 0.6) is 5.75 Å². The van der Waals surface area contributed by atoms with Gasteiger partial charge in [-0.05, 0) is 36.8 Å². The monoisotopic (exact) mass is 362 g/mol. The highest BCUT2D eigenvalue weighted by atomic mass is 19.1. The predicted octanol–water partition coefficient (Wildman–Crippen LogP) is 2.85. The van der Waals surface area contributed by atoms with Crippen LogP contribution in [0.1, 0.15) is 15.9 Å². The molecule has 0 fully saturated rings. The van der Waals surface area contributed by atoms with Crippen molar-refractivity contribution in [3.8, 4) is 5.75 Å². The lowest BCUT2D eigenvalue weighted by Gasteiger charge is -2.09. The number of non-ortho nitro benzene ring substituents is 1. The fourth-order valence-electron chi connectivity index (χ4n) is 2.10. The zero-order valence-corrected chi connectivity index (χ0v) is 13.9. The number of ether oxygens (including phenoxy) is 2. The molecule has 2 rings (SSSR count). The molecule has 0 unspecified atom stereocenters. The second-order valence-corrected chi connectivity index (χ2v) is 5.23. The number of hydrogen-bond donors (Lipinski definition) is 1. The van der Waals surface area contributed by atoms with E-state index in [4.69, 9.17) is 9.47 Å². The number of nitro groups is 1. The van der Waals surface area contributed by atoms with Gasteiger partial charge in [-0.3, -0.25) is 14.9 Å². The maximum absolute atomic E-state index is 13.6. The van der Waals surface area contributed by atoms with Crippen LogP contribution in [0.4, 0.5) is 15.8 Å². The summed E-state index contributed by atoms with van der Waals surface area (Å²) >= 11 is 0. The Kier molecular flexibility index (Phi) is 5.84. The Labute approximate surface area is 147 Å². The van der Waals surface area contributed by atoms with E-state index in [0.29, 0.717) is 11.3 Å². The average molecular weight is 362 g/mol. The summed E-state index contributed by atoms with van der Waals surface area (Å²) in [6.45, 7) is 0.998. The molecule has 0 atom stereocenters. The molecule has 0 saturated carbocycles. The van der Waals surface area contributed by atoms with Gasteiger partial charge in [0.25, 0.3) is 11.6 Å². The van der Waals surface area contributed by atoms with Gasteiger partial charge in [-0.15, -0.1) is 0 Å². The molecule has 0 saturated heterocycles. The fourth-order valence-corrected chi connectivity index (χ4v) is 2.10. The minimum Gasteiger partial charge on any atom is -0.494 e. The minimum atomic E-state index is -0.873. The van der Waals surface area contributed by atoms with E-state index in [1.807, 2.05) is 0 Å². The summed E-state index contributed by atoms with van der Waals surface area (Å²) in [5.74, 6) is -2.26. The van der Waals surface area contributed by atoms with Crippen molar-refractivity contribution < 1.29 is 28.4 Å². The number of carbonyl (C=O) groups excluding carboxylic acids is 2. The number of amides is 1. The van der Waals surface area contributed by atoms with Crippen LogP contribution in [0.15, 0.2) is 36.4 Å². The summed E-state index contributed by atoms with van der Waals surface area (Å²) in [6, 6.07) is 7.46. The van der Waals surface area contributed by atoms with Crippen LogP contribution in [-0.2, 0) is 9.53 Å². The van der Waals surface area contributed by atoms with E-state index >= 15 is 0 Å². The highest BCUT2D eigenvalue weighted by molar-refractivity contribution is 5.96. The Bertz CT molecular complexity index is 868. The van der Waals surface area contributed by atoms with E-state index in [2.05, 4.69) is 5.32 Å². The highest BCUT2D eigenvalue weighted by Gasteiger charge is 2.14. The van der Waals surface area contributed by atoms with Crippen molar-refractivity contribution in [1.29, 1.82) is 0 Å². The number of benzene rings is 2. The first kappa shape index (κ1) is 18.8. The zero-order chi connectivity index (χ0) is 19.3. The number of carbonyl (C=O) groups is 2. The van der Waals surface area contributed by atoms with Crippen LogP contribution in [0.3, 0.4) is 0 Å². The number of aryl methyl sites for hydroxylation is 1. The Morgan fingerprint density at radius 3 is 2.54 bits per heavy atom. The van der Waals surface area contributed by atoms with Crippen LogP contribution in [0, 0.1) is 22.9 Å². The standard InChI is InChI=1S/C17H15FN2O6/c1-10-7-12(20(23)24)4-5-14(10)19-16(21)9-26-17(22)11-3-6-15(25-2)13(18)8-11/h3-8H,9H2,1-2H3,(H,19,21). The van der Waals surface area contributed by atoms with Crippen LogP contribution in [0.25, 0.3) is 0 Å². The fraction of sp³-hybridized carbons (Fsp3) is 0.176. The van der Waals surface area contributed by atoms with Crippen LogP contribution in [0.2, 0.25) is 0 Å². The lowest BCUT2D eigenvalue weighted by molar-refractivity contribution is -0.384. The number of esters is 1. The summed E-state index contributed by atoms with van der Waals surface area (Å²) in [5.41, 5.74) is 0.666. The SMILES string of the molecule is COc1ccc(C(=O)OCC(=O)Nc2ccc([N+](=O)[O-])cc2C)cc1F. The molecule has 0 aliphatic heterocycles. The molecule has 0 spiro atoms. The average Bonchev–Trinajstić information content (AvgIpc) is 2.61. The molecule has 2 aromatic carbocycles. The normalized spacial score (nSPS) is 10.1. The van der Waals surface area contributed by atoms with E-state index in [1.165, 1.54) is 37.4 Å². The number of rotatable bonds is 6. The summed E-state index contributed by atoms with van der Waals surface area (Å²) < 4.78 is 23.1. The number of anilines is 1. The molecular weight excluding hydrogens is 347 g/mol. The molecule has 26 heavy (non-hydrogen) atoms. The topological polar surface area (TPSA) is 108 Å². The molecule has 0 radical (unpaired) electrons. The third-order valence-corrected chi connectivity index (χ3v) is 3.42. The van der Waals surface area contributed by atoms with E-state index in [1.54, 1.807) is 6.92 Å². The Hall–Kier alpha value is -3.49. The molecule has 2 aromatic rings. The second kappa shape index (κ2) is 8.06. The summed E-state index contributed by atoms with van der Waals surface area (Å²) in [7, 11) is 1.29. The number of methoxy groups -OCH3 is 1.